The molecule has 2 amide bonds. The molecule has 1 saturated carbocycles. The minimum atomic E-state index is -0.0352. The van der Waals surface area contributed by atoms with Gasteiger partial charge >= 0.3 is 0 Å². The molecule has 1 aliphatic carbocycles. The summed E-state index contributed by atoms with van der Waals surface area (Å²) in [6, 6.07) is 0.202. The van der Waals surface area contributed by atoms with Gasteiger partial charge in [0.15, 0.2) is 0 Å². The quantitative estimate of drug-likeness (QED) is 0.589. The van der Waals surface area contributed by atoms with Crippen LogP contribution in [0.25, 0.3) is 0 Å². The summed E-state index contributed by atoms with van der Waals surface area (Å²) in [5, 5.41) is 8.71. The van der Waals surface area contributed by atoms with Crippen molar-refractivity contribution in [3.05, 3.63) is 0 Å². The minimum absolute atomic E-state index is 0. The van der Waals surface area contributed by atoms with Gasteiger partial charge in [-0.1, -0.05) is 6.92 Å². The molecule has 0 aliphatic heterocycles. The molecule has 6 heteroatoms. The molecule has 0 aromatic heterocycles. The molecule has 0 aromatic carbocycles. The van der Waals surface area contributed by atoms with E-state index in [0.29, 0.717) is 19.5 Å². The predicted molar refractivity (Wildman–Crippen MR) is 78.4 cm³/mol. The summed E-state index contributed by atoms with van der Waals surface area (Å²) in [5.41, 5.74) is 0. The lowest BCUT2D eigenvalue weighted by molar-refractivity contribution is -0.122. The minimum Gasteiger partial charge on any atom is -0.354 e. The zero-order valence-electron chi connectivity index (χ0n) is 11.8. The zero-order valence-corrected chi connectivity index (χ0v) is 12.6. The van der Waals surface area contributed by atoms with E-state index in [2.05, 4.69) is 16.0 Å². The van der Waals surface area contributed by atoms with Crippen molar-refractivity contribution in [2.24, 2.45) is 5.92 Å². The summed E-state index contributed by atoms with van der Waals surface area (Å²) in [5.74, 6) is 0.738. The maximum Gasteiger partial charge on any atom is 0.233 e. The van der Waals surface area contributed by atoms with Crippen LogP contribution >= 0.6 is 12.4 Å². The second-order valence-corrected chi connectivity index (χ2v) is 5.05. The Balaban J connectivity index is 0.00000324. The van der Waals surface area contributed by atoms with Crippen molar-refractivity contribution in [1.82, 2.24) is 16.0 Å². The topological polar surface area (TPSA) is 70.2 Å². The highest BCUT2D eigenvalue weighted by Crippen LogP contribution is 2.27. The van der Waals surface area contributed by atoms with Crippen molar-refractivity contribution < 1.29 is 9.59 Å². The Morgan fingerprint density at radius 1 is 1.26 bits per heavy atom. The Morgan fingerprint density at radius 3 is 2.53 bits per heavy atom. The van der Waals surface area contributed by atoms with Gasteiger partial charge in [0, 0.05) is 19.0 Å². The first-order valence-electron chi connectivity index (χ1n) is 6.88. The molecule has 0 heterocycles. The summed E-state index contributed by atoms with van der Waals surface area (Å²) in [6.45, 7) is 5.69. The zero-order chi connectivity index (χ0) is 13.4. The molecule has 1 rings (SSSR count). The third kappa shape index (κ3) is 9.73. The molecule has 112 valence electrons. The van der Waals surface area contributed by atoms with Gasteiger partial charge in [0.05, 0.1) is 6.54 Å². The summed E-state index contributed by atoms with van der Waals surface area (Å²) < 4.78 is 0. The molecule has 1 atom stereocenters. The van der Waals surface area contributed by atoms with Crippen LogP contribution in [0.1, 0.15) is 39.5 Å². The van der Waals surface area contributed by atoms with Crippen LogP contribution in [-0.4, -0.2) is 37.5 Å². The first-order valence-corrected chi connectivity index (χ1v) is 6.88. The van der Waals surface area contributed by atoms with Gasteiger partial charge in [-0.25, -0.2) is 0 Å². The van der Waals surface area contributed by atoms with Crippen molar-refractivity contribution in [3.8, 4) is 0 Å². The summed E-state index contributed by atoms with van der Waals surface area (Å²) in [4.78, 5) is 22.8. The summed E-state index contributed by atoms with van der Waals surface area (Å²) in [6.07, 6.45) is 3.83. The Morgan fingerprint density at radius 2 is 1.95 bits per heavy atom. The van der Waals surface area contributed by atoms with Gasteiger partial charge in [-0.2, -0.15) is 0 Å². The van der Waals surface area contributed by atoms with Crippen LogP contribution in [0, 0.1) is 5.92 Å². The van der Waals surface area contributed by atoms with E-state index in [1.807, 2.05) is 13.8 Å². The lowest BCUT2D eigenvalue weighted by Crippen LogP contribution is -2.38. The van der Waals surface area contributed by atoms with Gasteiger partial charge in [-0.15, -0.1) is 12.4 Å². The first kappa shape index (κ1) is 18.2. The number of amides is 2. The SMILES string of the molecule is CCC(C)NC(=O)CCNC(=O)CNCC1CC1.Cl. The van der Waals surface area contributed by atoms with E-state index in [1.165, 1.54) is 12.8 Å². The average Bonchev–Trinajstić information content (AvgIpc) is 3.12. The highest BCUT2D eigenvalue weighted by Gasteiger charge is 2.20. The van der Waals surface area contributed by atoms with Crippen LogP contribution in [-0.2, 0) is 9.59 Å². The molecule has 1 aliphatic rings. The first-order chi connectivity index (χ1) is 8.61. The van der Waals surface area contributed by atoms with Crippen LogP contribution in [0.4, 0.5) is 0 Å². The molecule has 3 N–H and O–H groups in total. The normalized spacial score (nSPS) is 15.3. The van der Waals surface area contributed by atoms with Crippen molar-refractivity contribution in [2.45, 2.75) is 45.6 Å². The van der Waals surface area contributed by atoms with Crippen molar-refractivity contribution >= 4 is 24.2 Å². The molecule has 0 saturated heterocycles. The second-order valence-electron chi connectivity index (χ2n) is 5.05. The van der Waals surface area contributed by atoms with E-state index < -0.39 is 0 Å². The Labute approximate surface area is 121 Å². The van der Waals surface area contributed by atoms with Gasteiger partial charge in [0.2, 0.25) is 11.8 Å². The van der Waals surface area contributed by atoms with Crippen molar-refractivity contribution in [1.29, 1.82) is 0 Å². The number of hydrogen-bond acceptors (Lipinski definition) is 3. The van der Waals surface area contributed by atoms with E-state index in [1.54, 1.807) is 0 Å². The van der Waals surface area contributed by atoms with E-state index in [4.69, 9.17) is 0 Å². The van der Waals surface area contributed by atoms with E-state index in [-0.39, 0.29) is 30.3 Å². The molecule has 0 spiro atoms. The maximum atomic E-state index is 11.4. The second kappa shape index (κ2) is 10.0. The molecule has 1 unspecified atom stereocenters. The Bertz CT molecular complexity index is 283. The predicted octanol–water partition coefficient (Wildman–Crippen LogP) is 0.829. The highest BCUT2D eigenvalue weighted by molar-refractivity contribution is 5.85. The van der Waals surface area contributed by atoms with Crippen LogP contribution < -0.4 is 16.0 Å². The van der Waals surface area contributed by atoms with Crippen LogP contribution in [0.15, 0.2) is 0 Å². The van der Waals surface area contributed by atoms with Crippen molar-refractivity contribution in [2.75, 3.05) is 19.6 Å². The molecule has 0 aromatic rings. The van der Waals surface area contributed by atoms with E-state index in [9.17, 15) is 9.59 Å². The third-order valence-electron chi connectivity index (χ3n) is 3.11. The van der Waals surface area contributed by atoms with E-state index in [0.717, 1.165) is 18.9 Å². The lowest BCUT2D eigenvalue weighted by Gasteiger charge is -2.11. The fourth-order valence-corrected chi connectivity index (χ4v) is 1.54. The smallest absolute Gasteiger partial charge is 0.233 e. The standard InChI is InChI=1S/C13H25N3O2.ClH/c1-3-10(2)16-12(17)6-7-15-13(18)9-14-8-11-4-5-11;/h10-11,14H,3-9H2,1-2H3,(H,15,18)(H,16,17);1H. The number of rotatable bonds is 9. The summed E-state index contributed by atoms with van der Waals surface area (Å²) in [7, 11) is 0. The fourth-order valence-electron chi connectivity index (χ4n) is 1.54. The maximum absolute atomic E-state index is 11.4. The average molecular weight is 292 g/mol. The number of hydrogen-bond donors (Lipinski definition) is 3. The number of halogens is 1. The molecular formula is C13H26ClN3O2. The number of carbonyl (C=O) groups is 2. The molecule has 5 nitrogen and oxygen atoms in total. The van der Waals surface area contributed by atoms with Crippen LogP contribution in [0.3, 0.4) is 0 Å². The van der Waals surface area contributed by atoms with Gasteiger partial charge in [-0.05, 0) is 38.6 Å². The van der Waals surface area contributed by atoms with E-state index >= 15 is 0 Å². The number of carbonyl (C=O) groups excluding carboxylic acids is 2. The third-order valence-corrected chi connectivity index (χ3v) is 3.11. The fraction of sp³-hybridized carbons (Fsp3) is 0.846. The summed E-state index contributed by atoms with van der Waals surface area (Å²) >= 11 is 0. The van der Waals surface area contributed by atoms with Crippen molar-refractivity contribution in [3.63, 3.8) is 0 Å². The number of nitrogens with one attached hydrogen (secondary N) is 3. The van der Waals surface area contributed by atoms with Crippen LogP contribution in [0.5, 0.6) is 0 Å². The van der Waals surface area contributed by atoms with Crippen LogP contribution in [0.2, 0.25) is 0 Å². The van der Waals surface area contributed by atoms with Gasteiger partial charge in [0.1, 0.15) is 0 Å². The van der Waals surface area contributed by atoms with Gasteiger partial charge < -0.3 is 16.0 Å². The van der Waals surface area contributed by atoms with Gasteiger partial charge in [-0.3, -0.25) is 9.59 Å². The molecule has 19 heavy (non-hydrogen) atoms. The Hall–Kier alpha value is -0.810. The molecule has 0 radical (unpaired) electrons. The molecular weight excluding hydrogens is 266 g/mol. The monoisotopic (exact) mass is 291 g/mol. The largest absolute Gasteiger partial charge is 0.354 e. The molecule has 0 bridgehead atoms. The van der Waals surface area contributed by atoms with Gasteiger partial charge in [0.25, 0.3) is 0 Å². The Kier molecular flexibility index (Phi) is 9.61. The molecule has 1 fully saturated rings. The highest BCUT2D eigenvalue weighted by atomic mass is 35.5. The lowest BCUT2D eigenvalue weighted by atomic mass is 10.2.